The predicted molar refractivity (Wildman–Crippen MR) is 78.5 cm³/mol. The SMILES string of the molecule is COCCC(=O)N1CCC(Cc2ccnc(C)c2)CC1. The molecule has 0 unspecified atom stereocenters. The summed E-state index contributed by atoms with van der Waals surface area (Å²) in [5.41, 5.74) is 2.44. The Hall–Kier alpha value is -1.42. The van der Waals surface area contributed by atoms with E-state index in [1.54, 1.807) is 7.11 Å². The maximum Gasteiger partial charge on any atom is 0.224 e. The van der Waals surface area contributed by atoms with Crippen molar-refractivity contribution in [3.63, 3.8) is 0 Å². The number of rotatable bonds is 5. The van der Waals surface area contributed by atoms with E-state index in [0.29, 0.717) is 18.9 Å². The van der Waals surface area contributed by atoms with Gasteiger partial charge < -0.3 is 9.64 Å². The third-order valence-corrected chi connectivity index (χ3v) is 3.97. The van der Waals surface area contributed by atoms with Gasteiger partial charge in [0.05, 0.1) is 13.0 Å². The number of likely N-dealkylation sites (tertiary alicyclic amines) is 1. The molecule has 0 radical (unpaired) electrons. The average molecular weight is 276 g/mol. The van der Waals surface area contributed by atoms with Crippen molar-refractivity contribution in [1.29, 1.82) is 0 Å². The molecule has 0 N–H and O–H groups in total. The van der Waals surface area contributed by atoms with E-state index in [2.05, 4.69) is 17.1 Å². The second kappa shape index (κ2) is 7.39. The van der Waals surface area contributed by atoms with Crippen LogP contribution in [-0.4, -0.2) is 42.6 Å². The first-order valence-corrected chi connectivity index (χ1v) is 7.37. The van der Waals surface area contributed by atoms with Crippen LogP contribution in [0, 0.1) is 12.8 Å². The lowest BCUT2D eigenvalue weighted by atomic mass is 9.90. The summed E-state index contributed by atoms with van der Waals surface area (Å²) in [5, 5.41) is 0. The lowest BCUT2D eigenvalue weighted by Gasteiger charge is -2.32. The molecule has 0 spiro atoms. The molecule has 0 bridgehead atoms. The highest BCUT2D eigenvalue weighted by Gasteiger charge is 2.22. The fourth-order valence-electron chi connectivity index (χ4n) is 2.80. The Morgan fingerprint density at radius 3 is 2.85 bits per heavy atom. The largest absolute Gasteiger partial charge is 0.384 e. The molecule has 20 heavy (non-hydrogen) atoms. The standard InChI is InChI=1S/C16H24N2O2/c1-13-11-15(3-7-17-13)12-14-4-8-18(9-5-14)16(19)6-10-20-2/h3,7,11,14H,4-6,8-10,12H2,1-2H3. The number of carbonyl (C=O) groups excluding carboxylic acids is 1. The van der Waals surface area contributed by atoms with Crippen molar-refractivity contribution < 1.29 is 9.53 Å². The van der Waals surface area contributed by atoms with E-state index in [0.717, 1.165) is 38.0 Å². The second-order valence-electron chi connectivity index (χ2n) is 5.58. The summed E-state index contributed by atoms with van der Waals surface area (Å²) < 4.78 is 4.96. The quantitative estimate of drug-likeness (QED) is 0.828. The van der Waals surface area contributed by atoms with Crippen LogP contribution < -0.4 is 0 Å². The summed E-state index contributed by atoms with van der Waals surface area (Å²) >= 11 is 0. The number of methoxy groups -OCH3 is 1. The first-order chi connectivity index (χ1) is 9.69. The van der Waals surface area contributed by atoms with E-state index in [4.69, 9.17) is 4.74 Å². The van der Waals surface area contributed by atoms with Gasteiger partial charge >= 0.3 is 0 Å². The Bertz CT molecular complexity index is 440. The number of aryl methyl sites for hydroxylation is 1. The molecular weight excluding hydrogens is 252 g/mol. The summed E-state index contributed by atoms with van der Waals surface area (Å²) in [6.45, 7) is 4.32. The molecule has 2 rings (SSSR count). The van der Waals surface area contributed by atoms with Gasteiger partial charge in [0.25, 0.3) is 0 Å². The van der Waals surface area contributed by atoms with E-state index in [1.807, 2.05) is 18.0 Å². The van der Waals surface area contributed by atoms with Crippen LogP contribution in [0.4, 0.5) is 0 Å². The van der Waals surface area contributed by atoms with Gasteiger partial charge in [-0.25, -0.2) is 0 Å². The fraction of sp³-hybridized carbons (Fsp3) is 0.625. The van der Waals surface area contributed by atoms with E-state index in [1.165, 1.54) is 5.56 Å². The molecule has 110 valence electrons. The zero-order valence-electron chi connectivity index (χ0n) is 12.5. The Labute approximate surface area is 121 Å². The van der Waals surface area contributed by atoms with Gasteiger partial charge in [-0.3, -0.25) is 9.78 Å². The summed E-state index contributed by atoms with van der Waals surface area (Å²) in [4.78, 5) is 18.1. The number of hydrogen-bond donors (Lipinski definition) is 0. The number of amides is 1. The van der Waals surface area contributed by atoms with Crippen molar-refractivity contribution in [3.8, 4) is 0 Å². The smallest absolute Gasteiger partial charge is 0.224 e. The number of piperidine rings is 1. The normalized spacial score (nSPS) is 16.4. The number of carbonyl (C=O) groups is 1. The predicted octanol–water partition coefficient (Wildman–Crippen LogP) is 2.21. The van der Waals surface area contributed by atoms with Gasteiger partial charge in [-0.2, -0.15) is 0 Å². The van der Waals surface area contributed by atoms with Crippen molar-refractivity contribution >= 4 is 5.91 Å². The van der Waals surface area contributed by atoms with E-state index < -0.39 is 0 Å². The Balaban J connectivity index is 1.78. The highest BCUT2D eigenvalue weighted by molar-refractivity contribution is 5.76. The van der Waals surface area contributed by atoms with Crippen molar-refractivity contribution in [3.05, 3.63) is 29.6 Å². The summed E-state index contributed by atoms with van der Waals surface area (Å²) in [6.07, 6.45) is 5.68. The topological polar surface area (TPSA) is 42.4 Å². The van der Waals surface area contributed by atoms with Gasteiger partial charge in [0.2, 0.25) is 5.91 Å². The highest BCUT2D eigenvalue weighted by atomic mass is 16.5. The number of aromatic nitrogens is 1. The molecule has 4 heteroatoms. The molecule has 4 nitrogen and oxygen atoms in total. The van der Waals surface area contributed by atoms with Crippen LogP contribution in [0.25, 0.3) is 0 Å². The molecule has 1 amide bonds. The lowest BCUT2D eigenvalue weighted by Crippen LogP contribution is -2.39. The van der Waals surface area contributed by atoms with Crippen LogP contribution in [0.15, 0.2) is 18.3 Å². The minimum absolute atomic E-state index is 0.227. The van der Waals surface area contributed by atoms with Crippen molar-refractivity contribution in [2.24, 2.45) is 5.92 Å². The van der Waals surface area contributed by atoms with Crippen LogP contribution >= 0.6 is 0 Å². The van der Waals surface area contributed by atoms with Crippen molar-refractivity contribution in [1.82, 2.24) is 9.88 Å². The van der Waals surface area contributed by atoms with Crippen molar-refractivity contribution in [2.45, 2.75) is 32.6 Å². The fourth-order valence-corrected chi connectivity index (χ4v) is 2.80. The molecule has 1 aliphatic rings. The summed E-state index contributed by atoms with van der Waals surface area (Å²) in [6, 6.07) is 4.26. The average Bonchev–Trinajstić information content (AvgIpc) is 2.45. The molecule has 1 fully saturated rings. The molecule has 0 aliphatic carbocycles. The van der Waals surface area contributed by atoms with Gasteiger partial charge in [0, 0.05) is 32.1 Å². The van der Waals surface area contributed by atoms with Crippen LogP contribution in [-0.2, 0) is 16.0 Å². The Morgan fingerprint density at radius 2 is 2.20 bits per heavy atom. The minimum Gasteiger partial charge on any atom is -0.384 e. The summed E-state index contributed by atoms with van der Waals surface area (Å²) in [5.74, 6) is 0.910. The van der Waals surface area contributed by atoms with Gasteiger partial charge in [-0.05, 0) is 49.8 Å². The summed E-state index contributed by atoms with van der Waals surface area (Å²) in [7, 11) is 1.64. The molecular formula is C16H24N2O2. The molecule has 1 aliphatic heterocycles. The lowest BCUT2D eigenvalue weighted by molar-refractivity contribution is -0.133. The van der Waals surface area contributed by atoms with Crippen LogP contribution in [0.2, 0.25) is 0 Å². The molecule has 1 aromatic heterocycles. The van der Waals surface area contributed by atoms with Crippen LogP contribution in [0.3, 0.4) is 0 Å². The third kappa shape index (κ3) is 4.30. The van der Waals surface area contributed by atoms with E-state index >= 15 is 0 Å². The molecule has 1 saturated heterocycles. The maximum absolute atomic E-state index is 11.9. The first-order valence-electron chi connectivity index (χ1n) is 7.37. The monoisotopic (exact) mass is 276 g/mol. The van der Waals surface area contributed by atoms with Gasteiger partial charge in [0.1, 0.15) is 0 Å². The van der Waals surface area contributed by atoms with E-state index in [-0.39, 0.29) is 5.91 Å². The molecule has 1 aromatic rings. The minimum atomic E-state index is 0.227. The van der Waals surface area contributed by atoms with Crippen LogP contribution in [0.5, 0.6) is 0 Å². The molecule has 0 atom stereocenters. The number of ether oxygens (including phenoxy) is 1. The second-order valence-corrected chi connectivity index (χ2v) is 5.58. The zero-order chi connectivity index (χ0) is 14.4. The molecule has 2 heterocycles. The number of pyridine rings is 1. The van der Waals surface area contributed by atoms with Gasteiger partial charge in [-0.15, -0.1) is 0 Å². The van der Waals surface area contributed by atoms with Gasteiger partial charge in [0.15, 0.2) is 0 Å². The van der Waals surface area contributed by atoms with Gasteiger partial charge in [-0.1, -0.05) is 0 Å². The van der Waals surface area contributed by atoms with E-state index in [9.17, 15) is 4.79 Å². The molecule has 0 aromatic carbocycles. The number of nitrogens with zero attached hydrogens (tertiary/aromatic N) is 2. The van der Waals surface area contributed by atoms with Crippen molar-refractivity contribution in [2.75, 3.05) is 26.8 Å². The Morgan fingerprint density at radius 1 is 1.45 bits per heavy atom. The zero-order valence-corrected chi connectivity index (χ0v) is 12.5. The van der Waals surface area contributed by atoms with Crippen LogP contribution in [0.1, 0.15) is 30.5 Å². The number of hydrogen-bond acceptors (Lipinski definition) is 3. The maximum atomic E-state index is 11.9. The third-order valence-electron chi connectivity index (χ3n) is 3.97. The molecule has 0 saturated carbocycles. The Kier molecular flexibility index (Phi) is 5.53. The highest BCUT2D eigenvalue weighted by Crippen LogP contribution is 2.22. The first kappa shape index (κ1) is 15.0.